The van der Waals surface area contributed by atoms with Crippen molar-refractivity contribution >= 4 is 28.2 Å². The topological polar surface area (TPSA) is 104 Å². The first kappa shape index (κ1) is 17.5. The van der Waals surface area contributed by atoms with Crippen LogP contribution in [0.15, 0.2) is 23.4 Å². The molecule has 1 amide bonds. The maximum atomic E-state index is 12.2. The molecule has 0 bridgehead atoms. The third kappa shape index (κ3) is 3.39. The van der Waals surface area contributed by atoms with E-state index in [-0.39, 0.29) is 11.7 Å². The molecule has 27 heavy (non-hydrogen) atoms. The van der Waals surface area contributed by atoms with Crippen LogP contribution in [-0.4, -0.2) is 49.6 Å². The Morgan fingerprint density at radius 2 is 2.00 bits per heavy atom. The van der Waals surface area contributed by atoms with Gasteiger partial charge in [0, 0.05) is 19.3 Å². The predicted octanol–water partition coefficient (Wildman–Crippen LogP) is 2.91. The summed E-state index contributed by atoms with van der Waals surface area (Å²) in [6.07, 6.45) is 4.66. The van der Waals surface area contributed by atoms with E-state index in [1.807, 2.05) is 33.0 Å². The lowest BCUT2D eigenvalue weighted by atomic mass is 9.90. The summed E-state index contributed by atoms with van der Waals surface area (Å²) in [7, 11) is 0. The Balaban J connectivity index is 1.52. The van der Waals surface area contributed by atoms with Crippen molar-refractivity contribution in [1.29, 1.82) is 0 Å². The van der Waals surface area contributed by atoms with Crippen molar-refractivity contribution in [3.8, 4) is 0 Å². The lowest BCUT2D eigenvalue weighted by molar-refractivity contribution is 0.0205. The molecule has 0 atom stereocenters. The molecular formula is C19H23N5O3. The number of carbonyl (C=O) groups excluding carboxylic acids is 1. The minimum Gasteiger partial charge on any atom is -0.444 e. The molecule has 1 aliphatic rings. The lowest BCUT2D eigenvalue weighted by Crippen LogP contribution is -2.41. The van der Waals surface area contributed by atoms with Gasteiger partial charge >= 0.3 is 6.09 Å². The number of nitrogens with zero attached hydrogens (tertiary/aromatic N) is 3. The minimum atomic E-state index is -0.482. The number of H-pyrrole nitrogens is 2. The zero-order valence-electron chi connectivity index (χ0n) is 15.7. The number of fused-ring (bicyclic) bond motifs is 3. The largest absolute Gasteiger partial charge is 0.444 e. The number of likely N-dealkylation sites (tertiary alicyclic amines) is 1. The van der Waals surface area contributed by atoms with Crippen LogP contribution in [0.3, 0.4) is 0 Å². The van der Waals surface area contributed by atoms with E-state index in [2.05, 4.69) is 19.9 Å². The molecule has 2 N–H and O–H groups in total. The average Bonchev–Trinajstić information content (AvgIpc) is 2.99. The van der Waals surface area contributed by atoms with Gasteiger partial charge in [-0.2, -0.15) is 0 Å². The van der Waals surface area contributed by atoms with Crippen LogP contribution in [0.5, 0.6) is 0 Å². The van der Waals surface area contributed by atoms with Gasteiger partial charge in [0.05, 0.1) is 11.8 Å². The average molecular weight is 369 g/mol. The molecular weight excluding hydrogens is 346 g/mol. The molecule has 0 aromatic carbocycles. The zero-order valence-corrected chi connectivity index (χ0v) is 15.7. The zero-order chi connectivity index (χ0) is 19.2. The van der Waals surface area contributed by atoms with Gasteiger partial charge in [0.2, 0.25) is 0 Å². The van der Waals surface area contributed by atoms with Gasteiger partial charge in [-0.15, -0.1) is 0 Å². The van der Waals surface area contributed by atoms with Gasteiger partial charge in [-0.05, 0) is 51.2 Å². The number of pyridine rings is 1. The van der Waals surface area contributed by atoms with E-state index >= 15 is 0 Å². The van der Waals surface area contributed by atoms with Crippen molar-refractivity contribution in [3.63, 3.8) is 0 Å². The Hall–Kier alpha value is -2.90. The highest BCUT2D eigenvalue weighted by Crippen LogP contribution is 2.30. The predicted molar refractivity (Wildman–Crippen MR) is 102 cm³/mol. The fourth-order valence-corrected chi connectivity index (χ4v) is 3.56. The second kappa shape index (κ2) is 6.37. The summed E-state index contributed by atoms with van der Waals surface area (Å²) in [6.45, 7) is 6.94. The highest BCUT2D eigenvalue weighted by atomic mass is 16.6. The summed E-state index contributed by atoms with van der Waals surface area (Å²) < 4.78 is 5.45. The molecule has 1 fully saturated rings. The van der Waals surface area contributed by atoms with Gasteiger partial charge < -0.3 is 19.6 Å². The van der Waals surface area contributed by atoms with Crippen LogP contribution in [0.25, 0.3) is 22.1 Å². The Morgan fingerprint density at radius 3 is 2.70 bits per heavy atom. The summed E-state index contributed by atoms with van der Waals surface area (Å²) in [5.41, 5.74) is 2.41. The number of piperidine rings is 1. The molecule has 0 spiro atoms. The SMILES string of the molecule is CC(C)(C)OC(=O)N1CCC(c2cnc3c(c2)[nH]c2nc[nH]c(=O)c23)CC1. The minimum absolute atomic E-state index is 0.197. The Kier molecular flexibility index (Phi) is 4.13. The number of amides is 1. The fraction of sp³-hybridized carbons (Fsp3) is 0.474. The molecule has 8 heteroatoms. The number of hydrogen-bond donors (Lipinski definition) is 2. The number of ether oxygens (including phenoxy) is 1. The lowest BCUT2D eigenvalue weighted by Gasteiger charge is -2.33. The molecule has 0 unspecified atom stereocenters. The van der Waals surface area contributed by atoms with Crippen molar-refractivity contribution in [2.75, 3.05) is 13.1 Å². The number of aromatic nitrogens is 4. The van der Waals surface area contributed by atoms with E-state index in [0.717, 1.165) is 23.9 Å². The molecule has 0 radical (unpaired) electrons. The van der Waals surface area contributed by atoms with E-state index < -0.39 is 5.60 Å². The van der Waals surface area contributed by atoms with Crippen LogP contribution >= 0.6 is 0 Å². The second-order valence-electron chi connectivity index (χ2n) is 7.99. The molecule has 0 saturated carbocycles. The molecule has 1 aliphatic heterocycles. The van der Waals surface area contributed by atoms with Crippen molar-refractivity contribution in [2.24, 2.45) is 0 Å². The van der Waals surface area contributed by atoms with E-state index in [0.29, 0.717) is 35.6 Å². The normalized spacial score (nSPS) is 16.2. The molecule has 8 nitrogen and oxygen atoms in total. The number of hydrogen-bond acceptors (Lipinski definition) is 5. The van der Waals surface area contributed by atoms with Gasteiger partial charge in [0.25, 0.3) is 5.56 Å². The van der Waals surface area contributed by atoms with E-state index in [1.54, 1.807) is 4.90 Å². The fourth-order valence-electron chi connectivity index (χ4n) is 3.56. The van der Waals surface area contributed by atoms with Crippen molar-refractivity contribution in [2.45, 2.75) is 45.1 Å². The van der Waals surface area contributed by atoms with Crippen molar-refractivity contribution in [1.82, 2.24) is 24.8 Å². The van der Waals surface area contributed by atoms with E-state index in [4.69, 9.17) is 4.74 Å². The standard InChI is InChI=1S/C19H23N5O3/c1-19(2,3)27-18(26)24-6-4-11(5-7-24)12-8-13-15(20-9-12)14-16(23-13)21-10-22-17(14)25/h8-11H,4-7H2,1-3H3,(H2,21,22,23,25). The molecule has 142 valence electrons. The van der Waals surface area contributed by atoms with Crippen molar-refractivity contribution in [3.05, 3.63) is 34.5 Å². The summed E-state index contributed by atoms with van der Waals surface area (Å²) in [4.78, 5) is 40.4. The summed E-state index contributed by atoms with van der Waals surface area (Å²) in [5, 5.41) is 0.485. The quantitative estimate of drug-likeness (QED) is 0.686. The molecule has 4 rings (SSSR count). The Bertz CT molecular complexity index is 1050. The summed E-state index contributed by atoms with van der Waals surface area (Å²) in [6, 6.07) is 2.04. The first-order valence-corrected chi connectivity index (χ1v) is 9.15. The second-order valence-corrected chi connectivity index (χ2v) is 7.99. The van der Waals surface area contributed by atoms with E-state index in [9.17, 15) is 9.59 Å². The van der Waals surface area contributed by atoms with Crippen LogP contribution in [0.4, 0.5) is 4.79 Å². The Labute approximate surface area is 156 Å². The van der Waals surface area contributed by atoms with Crippen LogP contribution in [0.1, 0.15) is 45.1 Å². The third-order valence-corrected chi connectivity index (χ3v) is 4.87. The van der Waals surface area contributed by atoms with Gasteiger partial charge in [-0.1, -0.05) is 0 Å². The molecule has 3 aromatic rings. The maximum Gasteiger partial charge on any atom is 0.410 e. The van der Waals surface area contributed by atoms with Gasteiger partial charge in [-0.3, -0.25) is 9.78 Å². The molecule has 4 heterocycles. The number of carbonyl (C=O) groups is 1. The smallest absolute Gasteiger partial charge is 0.410 e. The van der Waals surface area contributed by atoms with Crippen LogP contribution in [0, 0.1) is 0 Å². The summed E-state index contributed by atoms with van der Waals surface area (Å²) >= 11 is 0. The van der Waals surface area contributed by atoms with Crippen molar-refractivity contribution < 1.29 is 9.53 Å². The summed E-state index contributed by atoms with van der Waals surface area (Å²) in [5.74, 6) is 0.318. The first-order valence-electron chi connectivity index (χ1n) is 9.15. The number of aromatic amines is 2. The van der Waals surface area contributed by atoms with E-state index in [1.165, 1.54) is 6.33 Å². The Morgan fingerprint density at radius 1 is 1.26 bits per heavy atom. The first-order chi connectivity index (χ1) is 12.8. The maximum absolute atomic E-state index is 12.2. The number of nitrogens with one attached hydrogen (secondary N) is 2. The van der Waals surface area contributed by atoms with Gasteiger partial charge in [0.15, 0.2) is 0 Å². The molecule has 1 saturated heterocycles. The highest BCUT2D eigenvalue weighted by Gasteiger charge is 2.28. The highest BCUT2D eigenvalue weighted by molar-refractivity contribution is 6.02. The van der Waals surface area contributed by atoms with Crippen LogP contribution < -0.4 is 5.56 Å². The van der Waals surface area contributed by atoms with Crippen LogP contribution in [0.2, 0.25) is 0 Å². The van der Waals surface area contributed by atoms with Crippen LogP contribution in [-0.2, 0) is 4.74 Å². The molecule has 0 aliphatic carbocycles. The van der Waals surface area contributed by atoms with Gasteiger partial charge in [-0.25, -0.2) is 9.78 Å². The monoisotopic (exact) mass is 369 g/mol. The molecule has 3 aromatic heterocycles. The van der Waals surface area contributed by atoms with Gasteiger partial charge in [0.1, 0.15) is 22.2 Å². The number of rotatable bonds is 1. The third-order valence-electron chi connectivity index (χ3n) is 4.87.